The zero-order valence-corrected chi connectivity index (χ0v) is 33.5. The highest BCUT2D eigenvalue weighted by atomic mass is 16.3. The molecular weight excluding hydrogens is 757 g/mol. The van der Waals surface area contributed by atoms with Crippen LogP contribution in [0.1, 0.15) is 0 Å². The van der Waals surface area contributed by atoms with Crippen molar-refractivity contribution in [3.8, 4) is 78.7 Å². The van der Waals surface area contributed by atoms with Crippen molar-refractivity contribution >= 4 is 38.2 Å². The summed E-state index contributed by atoms with van der Waals surface area (Å²) in [5.74, 6) is 0.663. The lowest BCUT2D eigenvalue weighted by Gasteiger charge is -2.11. The molecular formula is C57H36N4O. The minimum atomic E-state index is 0.663. The number of fused-ring (bicyclic) bond motifs is 6. The van der Waals surface area contributed by atoms with E-state index in [9.17, 15) is 0 Å². The van der Waals surface area contributed by atoms with E-state index < -0.39 is 0 Å². The number of rotatable bonds is 7. The van der Waals surface area contributed by atoms with Crippen molar-refractivity contribution in [1.29, 1.82) is 0 Å². The monoisotopic (exact) mass is 792 g/mol. The lowest BCUT2D eigenvalue weighted by Crippen LogP contribution is -1.96. The molecule has 4 aromatic heterocycles. The SMILES string of the molecule is c1ccc(-c2cc(-c3ccc(-c4nn5c(-c6ccccc6)cc6ccccc6c5c4-c4ccccc4)cc3)nc(-c3ccc(-c4cccc5oc6ccccc6c45)cc3)n2)cc1. The Morgan fingerprint density at radius 2 is 0.935 bits per heavy atom. The van der Waals surface area contributed by atoms with Crippen LogP contribution in [0.25, 0.3) is 117 Å². The van der Waals surface area contributed by atoms with Gasteiger partial charge in [-0.1, -0.05) is 194 Å². The Bertz CT molecular complexity index is 3590. The number of benzene rings is 8. The molecule has 0 aliphatic rings. The number of aromatic nitrogens is 4. The number of hydrogen-bond acceptors (Lipinski definition) is 4. The fourth-order valence-corrected chi connectivity index (χ4v) is 8.88. The molecule has 0 saturated heterocycles. The highest BCUT2D eigenvalue weighted by Crippen LogP contribution is 2.42. The van der Waals surface area contributed by atoms with Crippen LogP contribution in [0.2, 0.25) is 0 Å². The van der Waals surface area contributed by atoms with Crippen molar-refractivity contribution in [1.82, 2.24) is 19.6 Å². The minimum Gasteiger partial charge on any atom is -0.456 e. The third kappa shape index (κ3) is 6.06. The van der Waals surface area contributed by atoms with Gasteiger partial charge in [-0.05, 0) is 46.3 Å². The molecule has 290 valence electrons. The van der Waals surface area contributed by atoms with E-state index in [1.807, 2.05) is 36.4 Å². The number of nitrogens with zero attached hydrogens (tertiary/aromatic N) is 4. The summed E-state index contributed by atoms with van der Waals surface area (Å²) in [6.07, 6.45) is 0. The first kappa shape index (κ1) is 35.5. The van der Waals surface area contributed by atoms with Gasteiger partial charge < -0.3 is 4.42 Å². The Labute approximate surface area is 357 Å². The maximum Gasteiger partial charge on any atom is 0.160 e. The van der Waals surface area contributed by atoms with Crippen LogP contribution in [-0.2, 0) is 0 Å². The standard InChI is InChI=1S/C57H36N4O/c1-4-15-38(16-5-1)48-36-49(59-57(58-48)43-33-27-37(28-34-43)45-24-14-26-52-54(45)47-23-12-13-25-51(47)62-52)39-29-31-42(32-30-39)55-53(41-19-8-3-9-20-41)56-46-22-11-10-21-44(46)35-50(61(56)60-55)40-17-6-2-7-18-40/h1-36H. The van der Waals surface area contributed by atoms with Gasteiger partial charge in [0.1, 0.15) is 16.9 Å². The molecule has 62 heavy (non-hydrogen) atoms. The van der Waals surface area contributed by atoms with Gasteiger partial charge in [-0.25, -0.2) is 14.5 Å². The highest BCUT2D eigenvalue weighted by molar-refractivity contribution is 6.12. The van der Waals surface area contributed by atoms with E-state index in [0.717, 1.165) is 106 Å². The summed E-state index contributed by atoms with van der Waals surface area (Å²) >= 11 is 0. The van der Waals surface area contributed by atoms with Gasteiger partial charge in [-0.2, -0.15) is 5.10 Å². The first-order valence-corrected chi connectivity index (χ1v) is 20.9. The van der Waals surface area contributed by atoms with E-state index in [1.165, 1.54) is 5.39 Å². The molecule has 0 aliphatic carbocycles. The molecule has 0 amide bonds. The zero-order chi connectivity index (χ0) is 41.0. The number of hydrogen-bond donors (Lipinski definition) is 0. The predicted molar refractivity (Wildman–Crippen MR) is 254 cm³/mol. The lowest BCUT2D eigenvalue weighted by molar-refractivity contribution is 0.669. The van der Waals surface area contributed by atoms with Crippen LogP contribution in [0, 0.1) is 0 Å². The maximum atomic E-state index is 6.20. The van der Waals surface area contributed by atoms with E-state index in [0.29, 0.717) is 5.82 Å². The van der Waals surface area contributed by atoms with Crippen molar-refractivity contribution in [2.75, 3.05) is 0 Å². The van der Waals surface area contributed by atoms with Crippen LogP contribution in [0.15, 0.2) is 223 Å². The minimum absolute atomic E-state index is 0.663. The smallest absolute Gasteiger partial charge is 0.160 e. The fraction of sp³-hybridized carbons (Fsp3) is 0. The topological polar surface area (TPSA) is 56.2 Å². The molecule has 0 unspecified atom stereocenters. The quantitative estimate of drug-likeness (QED) is 0.161. The molecule has 0 N–H and O–H groups in total. The van der Waals surface area contributed by atoms with Crippen LogP contribution in [-0.4, -0.2) is 19.6 Å². The average molecular weight is 793 g/mol. The zero-order valence-electron chi connectivity index (χ0n) is 33.5. The van der Waals surface area contributed by atoms with Gasteiger partial charge in [-0.3, -0.25) is 0 Å². The largest absolute Gasteiger partial charge is 0.456 e. The fourth-order valence-electron chi connectivity index (χ4n) is 8.88. The highest BCUT2D eigenvalue weighted by Gasteiger charge is 2.22. The van der Waals surface area contributed by atoms with Gasteiger partial charge in [-0.15, -0.1) is 0 Å². The Morgan fingerprint density at radius 3 is 1.66 bits per heavy atom. The molecule has 0 fully saturated rings. The van der Waals surface area contributed by atoms with Gasteiger partial charge in [0.05, 0.1) is 22.6 Å². The molecule has 12 rings (SSSR count). The van der Waals surface area contributed by atoms with E-state index in [1.54, 1.807) is 0 Å². The summed E-state index contributed by atoms with van der Waals surface area (Å²) in [4.78, 5) is 10.4. The van der Waals surface area contributed by atoms with Gasteiger partial charge in [0, 0.05) is 49.5 Å². The third-order valence-electron chi connectivity index (χ3n) is 11.9. The summed E-state index contributed by atoms with van der Waals surface area (Å²) in [7, 11) is 0. The second kappa shape index (κ2) is 14.7. The molecule has 0 atom stereocenters. The Kier molecular flexibility index (Phi) is 8.42. The van der Waals surface area contributed by atoms with Crippen molar-refractivity contribution in [3.63, 3.8) is 0 Å². The van der Waals surface area contributed by atoms with Crippen molar-refractivity contribution in [2.45, 2.75) is 0 Å². The van der Waals surface area contributed by atoms with E-state index in [-0.39, 0.29) is 0 Å². The van der Waals surface area contributed by atoms with Crippen LogP contribution < -0.4 is 0 Å². The van der Waals surface area contributed by atoms with Crippen molar-refractivity contribution in [3.05, 3.63) is 218 Å². The van der Waals surface area contributed by atoms with E-state index >= 15 is 0 Å². The molecule has 5 nitrogen and oxygen atoms in total. The number of para-hydroxylation sites is 1. The summed E-state index contributed by atoms with van der Waals surface area (Å²) < 4.78 is 8.34. The molecule has 8 aromatic carbocycles. The molecule has 12 aromatic rings. The summed E-state index contributed by atoms with van der Waals surface area (Å²) in [6, 6.07) is 76.1. The average Bonchev–Trinajstić information content (AvgIpc) is 3.95. The Balaban J connectivity index is 0.978. The predicted octanol–water partition coefficient (Wildman–Crippen LogP) is 14.8. The van der Waals surface area contributed by atoms with Crippen LogP contribution in [0.3, 0.4) is 0 Å². The summed E-state index contributed by atoms with van der Waals surface area (Å²) in [6.45, 7) is 0. The molecule has 0 aliphatic heterocycles. The van der Waals surface area contributed by atoms with Crippen LogP contribution in [0.5, 0.6) is 0 Å². The molecule has 0 bridgehead atoms. The number of furan rings is 1. The van der Waals surface area contributed by atoms with Gasteiger partial charge in [0.15, 0.2) is 5.82 Å². The third-order valence-corrected chi connectivity index (χ3v) is 11.9. The summed E-state index contributed by atoms with van der Waals surface area (Å²) in [5, 5.41) is 10.00. The Hall–Kier alpha value is -8.41. The van der Waals surface area contributed by atoms with Crippen LogP contribution >= 0.6 is 0 Å². The first-order chi connectivity index (χ1) is 30.7. The van der Waals surface area contributed by atoms with E-state index in [4.69, 9.17) is 19.5 Å². The molecule has 0 spiro atoms. The normalized spacial score (nSPS) is 11.5. The summed E-state index contributed by atoms with van der Waals surface area (Å²) in [5.41, 5.74) is 16.1. The van der Waals surface area contributed by atoms with Crippen molar-refractivity contribution in [2.24, 2.45) is 0 Å². The van der Waals surface area contributed by atoms with Gasteiger partial charge >= 0.3 is 0 Å². The second-order valence-corrected chi connectivity index (χ2v) is 15.6. The maximum absolute atomic E-state index is 6.20. The van der Waals surface area contributed by atoms with Gasteiger partial charge in [0.25, 0.3) is 0 Å². The molecule has 5 heteroatoms. The van der Waals surface area contributed by atoms with E-state index in [2.05, 4.69) is 187 Å². The lowest BCUT2D eigenvalue weighted by atomic mass is 9.96. The van der Waals surface area contributed by atoms with Gasteiger partial charge in [0.2, 0.25) is 0 Å². The molecule has 4 heterocycles. The van der Waals surface area contributed by atoms with Crippen molar-refractivity contribution < 1.29 is 4.42 Å². The molecule has 0 saturated carbocycles. The Morgan fingerprint density at radius 1 is 0.387 bits per heavy atom. The first-order valence-electron chi connectivity index (χ1n) is 20.9. The number of pyridine rings is 1. The van der Waals surface area contributed by atoms with Crippen LogP contribution in [0.4, 0.5) is 0 Å². The second-order valence-electron chi connectivity index (χ2n) is 15.6. The molecule has 0 radical (unpaired) electrons.